The zero-order valence-electron chi connectivity index (χ0n) is 12.3. The van der Waals surface area contributed by atoms with Crippen LogP contribution in [0.1, 0.15) is 32.0 Å². The standard InChI is InChI=1S/C13H22N4O2S/c1-4-19-12(18)11(14-10-5-6-10)7-8-20-13-16-15-9(2)17(13)3/h10-11,14H,4-8H2,1-3H3. The molecule has 1 fully saturated rings. The number of nitrogens with one attached hydrogen (secondary N) is 1. The Morgan fingerprint density at radius 2 is 2.30 bits per heavy atom. The van der Waals surface area contributed by atoms with Crippen LogP contribution in [-0.2, 0) is 16.6 Å². The number of nitrogens with zero attached hydrogens (tertiary/aromatic N) is 3. The zero-order chi connectivity index (χ0) is 14.5. The molecule has 1 aromatic heterocycles. The summed E-state index contributed by atoms with van der Waals surface area (Å²) >= 11 is 1.62. The number of aryl methyl sites for hydroxylation is 1. The van der Waals surface area contributed by atoms with E-state index >= 15 is 0 Å². The molecule has 0 radical (unpaired) electrons. The maximum absolute atomic E-state index is 11.9. The predicted molar refractivity (Wildman–Crippen MR) is 77.7 cm³/mol. The highest BCUT2D eigenvalue weighted by atomic mass is 32.2. The van der Waals surface area contributed by atoms with E-state index in [0.29, 0.717) is 12.6 Å². The van der Waals surface area contributed by atoms with E-state index in [4.69, 9.17) is 4.74 Å². The van der Waals surface area contributed by atoms with Gasteiger partial charge in [0.1, 0.15) is 11.9 Å². The fourth-order valence-corrected chi connectivity index (χ4v) is 2.79. The predicted octanol–water partition coefficient (Wildman–Crippen LogP) is 1.29. The molecule has 0 aromatic carbocycles. The molecule has 0 saturated heterocycles. The lowest BCUT2D eigenvalue weighted by molar-refractivity contribution is -0.145. The Kier molecular flexibility index (Phi) is 5.42. The Bertz CT molecular complexity index is 459. The molecule has 1 unspecified atom stereocenters. The molecule has 1 aromatic rings. The monoisotopic (exact) mass is 298 g/mol. The molecule has 1 aliphatic rings. The molecule has 20 heavy (non-hydrogen) atoms. The van der Waals surface area contributed by atoms with Crippen molar-refractivity contribution in [3.8, 4) is 0 Å². The van der Waals surface area contributed by atoms with Gasteiger partial charge in [-0.15, -0.1) is 10.2 Å². The summed E-state index contributed by atoms with van der Waals surface area (Å²) in [5.41, 5.74) is 0. The van der Waals surface area contributed by atoms with Crippen LogP contribution in [0.4, 0.5) is 0 Å². The van der Waals surface area contributed by atoms with Crippen molar-refractivity contribution in [2.24, 2.45) is 7.05 Å². The second-order valence-corrected chi connectivity index (χ2v) is 6.03. The molecule has 0 bridgehead atoms. The van der Waals surface area contributed by atoms with Crippen LogP contribution < -0.4 is 5.32 Å². The molecule has 7 heteroatoms. The Hall–Kier alpha value is -1.08. The van der Waals surface area contributed by atoms with Gasteiger partial charge in [0, 0.05) is 18.8 Å². The lowest BCUT2D eigenvalue weighted by atomic mass is 10.2. The number of thioether (sulfide) groups is 1. The smallest absolute Gasteiger partial charge is 0.323 e. The van der Waals surface area contributed by atoms with Crippen molar-refractivity contribution in [1.29, 1.82) is 0 Å². The number of rotatable bonds is 8. The van der Waals surface area contributed by atoms with Gasteiger partial charge >= 0.3 is 5.97 Å². The minimum atomic E-state index is -0.204. The average molecular weight is 298 g/mol. The van der Waals surface area contributed by atoms with E-state index in [1.54, 1.807) is 11.8 Å². The van der Waals surface area contributed by atoms with Gasteiger partial charge in [-0.3, -0.25) is 4.79 Å². The molecule has 1 heterocycles. The fourth-order valence-electron chi connectivity index (χ4n) is 1.83. The van der Waals surface area contributed by atoms with Crippen molar-refractivity contribution in [2.45, 2.75) is 50.4 Å². The highest BCUT2D eigenvalue weighted by molar-refractivity contribution is 7.99. The maximum Gasteiger partial charge on any atom is 0.323 e. The van der Waals surface area contributed by atoms with Crippen LogP contribution >= 0.6 is 11.8 Å². The van der Waals surface area contributed by atoms with E-state index < -0.39 is 0 Å². The number of esters is 1. The van der Waals surface area contributed by atoms with E-state index in [1.165, 1.54) is 0 Å². The molecular weight excluding hydrogens is 276 g/mol. The first kappa shape index (κ1) is 15.3. The van der Waals surface area contributed by atoms with E-state index in [1.807, 2.05) is 25.5 Å². The highest BCUT2D eigenvalue weighted by Crippen LogP contribution is 2.22. The van der Waals surface area contributed by atoms with Crippen LogP contribution in [0.5, 0.6) is 0 Å². The molecule has 1 atom stereocenters. The molecule has 1 saturated carbocycles. The summed E-state index contributed by atoms with van der Waals surface area (Å²) in [4.78, 5) is 11.9. The average Bonchev–Trinajstić information content (AvgIpc) is 3.19. The molecule has 0 amide bonds. The van der Waals surface area contributed by atoms with Crippen molar-refractivity contribution in [3.05, 3.63) is 5.82 Å². The first-order valence-electron chi connectivity index (χ1n) is 7.03. The van der Waals surface area contributed by atoms with E-state index in [0.717, 1.165) is 36.0 Å². The minimum absolute atomic E-state index is 0.144. The third-order valence-electron chi connectivity index (χ3n) is 3.28. The summed E-state index contributed by atoms with van der Waals surface area (Å²) in [6.45, 7) is 4.19. The van der Waals surface area contributed by atoms with E-state index in [9.17, 15) is 4.79 Å². The van der Waals surface area contributed by atoms with Crippen LogP contribution in [0.25, 0.3) is 0 Å². The summed E-state index contributed by atoms with van der Waals surface area (Å²) in [6.07, 6.45) is 3.06. The van der Waals surface area contributed by atoms with Gasteiger partial charge in [0.05, 0.1) is 6.61 Å². The number of carbonyl (C=O) groups is 1. The second-order valence-electron chi connectivity index (χ2n) is 4.97. The molecule has 0 aliphatic heterocycles. The molecule has 6 nitrogen and oxygen atoms in total. The minimum Gasteiger partial charge on any atom is -0.465 e. The van der Waals surface area contributed by atoms with Crippen LogP contribution in [0.2, 0.25) is 0 Å². The normalized spacial score (nSPS) is 16.1. The van der Waals surface area contributed by atoms with Gasteiger partial charge in [0.2, 0.25) is 0 Å². The number of hydrogen-bond donors (Lipinski definition) is 1. The third-order valence-corrected chi connectivity index (χ3v) is 4.33. The molecule has 112 valence electrons. The third kappa shape index (κ3) is 4.21. The SMILES string of the molecule is CCOC(=O)C(CCSc1nnc(C)n1C)NC1CC1. The second kappa shape index (κ2) is 7.08. The van der Waals surface area contributed by atoms with Gasteiger partial charge < -0.3 is 14.6 Å². The van der Waals surface area contributed by atoms with Crippen LogP contribution in [0.15, 0.2) is 5.16 Å². The molecular formula is C13H22N4O2S. The topological polar surface area (TPSA) is 69.0 Å². The number of carbonyl (C=O) groups excluding carboxylic acids is 1. The van der Waals surface area contributed by atoms with Crippen molar-refractivity contribution in [3.63, 3.8) is 0 Å². The molecule has 2 rings (SSSR count). The largest absolute Gasteiger partial charge is 0.465 e. The number of aromatic nitrogens is 3. The van der Waals surface area contributed by atoms with Crippen molar-refractivity contribution in [2.75, 3.05) is 12.4 Å². The van der Waals surface area contributed by atoms with Gasteiger partial charge in [0.15, 0.2) is 5.16 Å². The lowest BCUT2D eigenvalue weighted by Gasteiger charge is -2.16. The summed E-state index contributed by atoms with van der Waals surface area (Å²) in [5.74, 6) is 1.56. The van der Waals surface area contributed by atoms with Crippen molar-refractivity contribution < 1.29 is 9.53 Å². The zero-order valence-corrected chi connectivity index (χ0v) is 13.1. The Balaban J connectivity index is 1.81. The Morgan fingerprint density at radius 1 is 1.55 bits per heavy atom. The summed E-state index contributed by atoms with van der Waals surface area (Å²) in [5, 5.41) is 12.4. The molecule has 0 spiro atoms. The summed E-state index contributed by atoms with van der Waals surface area (Å²) in [6, 6.07) is 0.288. The first-order valence-corrected chi connectivity index (χ1v) is 8.01. The van der Waals surface area contributed by atoms with Gasteiger partial charge in [-0.25, -0.2) is 0 Å². The van der Waals surface area contributed by atoms with Crippen LogP contribution in [0.3, 0.4) is 0 Å². The molecule has 1 N–H and O–H groups in total. The molecule has 1 aliphatic carbocycles. The summed E-state index contributed by atoms with van der Waals surface area (Å²) in [7, 11) is 1.95. The van der Waals surface area contributed by atoms with Crippen molar-refractivity contribution in [1.82, 2.24) is 20.1 Å². The number of hydrogen-bond acceptors (Lipinski definition) is 6. The van der Waals surface area contributed by atoms with Gasteiger partial charge in [-0.2, -0.15) is 0 Å². The lowest BCUT2D eigenvalue weighted by Crippen LogP contribution is -2.39. The van der Waals surface area contributed by atoms with E-state index in [-0.39, 0.29) is 12.0 Å². The fraction of sp³-hybridized carbons (Fsp3) is 0.769. The number of ether oxygens (including phenoxy) is 1. The van der Waals surface area contributed by atoms with Crippen molar-refractivity contribution >= 4 is 17.7 Å². The maximum atomic E-state index is 11.9. The summed E-state index contributed by atoms with van der Waals surface area (Å²) < 4.78 is 7.08. The van der Waals surface area contributed by atoms with Crippen LogP contribution in [0, 0.1) is 6.92 Å². The van der Waals surface area contributed by atoms with E-state index in [2.05, 4.69) is 15.5 Å². The Labute approximate surface area is 123 Å². The Morgan fingerprint density at radius 3 is 2.85 bits per heavy atom. The van der Waals surface area contributed by atoms with Gasteiger partial charge in [0.25, 0.3) is 0 Å². The van der Waals surface area contributed by atoms with Gasteiger partial charge in [-0.05, 0) is 33.1 Å². The van der Waals surface area contributed by atoms with Crippen LogP contribution in [-0.4, -0.2) is 45.2 Å². The van der Waals surface area contributed by atoms with Gasteiger partial charge in [-0.1, -0.05) is 11.8 Å². The highest BCUT2D eigenvalue weighted by Gasteiger charge is 2.29. The first-order chi connectivity index (χ1) is 9.61. The quantitative estimate of drug-likeness (QED) is 0.576.